The molecule has 72 valence electrons. The Morgan fingerprint density at radius 3 is 2.54 bits per heavy atom. The van der Waals surface area contributed by atoms with Crippen molar-refractivity contribution in [2.75, 3.05) is 6.26 Å². The molecule has 0 spiro atoms. The maximum Gasteiger partial charge on any atom is 0.151 e. The van der Waals surface area contributed by atoms with Gasteiger partial charge in [-0.2, -0.15) is 0 Å². The summed E-state index contributed by atoms with van der Waals surface area (Å²) in [5.41, 5.74) is 0.810. The topological polar surface area (TPSA) is 34.1 Å². The summed E-state index contributed by atoms with van der Waals surface area (Å²) in [6.45, 7) is 0. The van der Waals surface area contributed by atoms with E-state index in [0.717, 1.165) is 10.5 Å². The van der Waals surface area contributed by atoms with E-state index < -0.39 is 9.84 Å². The number of rotatable bonds is 3. The van der Waals surface area contributed by atoms with Crippen molar-refractivity contribution in [1.82, 2.24) is 0 Å². The number of sulfone groups is 1. The van der Waals surface area contributed by atoms with E-state index in [4.69, 9.17) is 0 Å². The molecule has 0 N–H and O–H groups in total. The maximum absolute atomic E-state index is 11.0. The minimum Gasteiger partial charge on any atom is -0.229 e. The molecule has 1 aromatic carbocycles. The SMILES string of the molecule is CS(=O)(=O)Cc1ccccc1SS. The fourth-order valence-corrected chi connectivity index (χ4v) is 2.83. The van der Waals surface area contributed by atoms with E-state index in [0.29, 0.717) is 0 Å². The molecule has 5 heteroatoms. The molecule has 0 aromatic heterocycles. The van der Waals surface area contributed by atoms with E-state index in [1.807, 2.05) is 18.2 Å². The fraction of sp³-hybridized carbons (Fsp3) is 0.250. The van der Waals surface area contributed by atoms with Gasteiger partial charge in [0, 0.05) is 11.2 Å². The molecule has 1 aromatic rings. The van der Waals surface area contributed by atoms with Gasteiger partial charge in [-0.05, 0) is 11.6 Å². The molecular formula is C8H10O2S3. The lowest BCUT2D eigenvalue weighted by molar-refractivity contribution is 0.601. The van der Waals surface area contributed by atoms with E-state index in [-0.39, 0.29) is 5.75 Å². The Bertz CT molecular complexity index is 384. The average Bonchev–Trinajstić information content (AvgIpc) is 2.02. The van der Waals surface area contributed by atoms with Gasteiger partial charge in [-0.1, -0.05) is 29.0 Å². The summed E-state index contributed by atoms with van der Waals surface area (Å²) in [6.07, 6.45) is 1.23. The summed E-state index contributed by atoms with van der Waals surface area (Å²) in [5.74, 6) is 0.0801. The number of hydrogen-bond acceptors (Lipinski definition) is 4. The molecule has 0 heterocycles. The van der Waals surface area contributed by atoms with E-state index in [1.54, 1.807) is 6.07 Å². The maximum atomic E-state index is 11.0. The number of thiol groups is 1. The summed E-state index contributed by atoms with van der Waals surface area (Å²) >= 11 is 4.05. The van der Waals surface area contributed by atoms with Crippen molar-refractivity contribution in [2.24, 2.45) is 0 Å². The summed E-state index contributed by atoms with van der Waals surface area (Å²) in [7, 11) is -1.69. The van der Waals surface area contributed by atoms with E-state index in [1.165, 1.54) is 17.0 Å². The monoisotopic (exact) mass is 234 g/mol. The number of benzene rings is 1. The van der Waals surface area contributed by atoms with Gasteiger partial charge >= 0.3 is 0 Å². The fourth-order valence-electron chi connectivity index (χ4n) is 0.995. The second-order valence-electron chi connectivity index (χ2n) is 2.77. The predicted molar refractivity (Wildman–Crippen MR) is 59.8 cm³/mol. The normalized spacial score (nSPS) is 11.5. The van der Waals surface area contributed by atoms with Crippen molar-refractivity contribution in [3.05, 3.63) is 29.8 Å². The first-order valence-corrected chi connectivity index (χ1v) is 7.53. The summed E-state index contributed by atoms with van der Waals surface area (Å²) in [6, 6.07) is 7.36. The first kappa shape index (κ1) is 10.9. The van der Waals surface area contributed by atoms with Crippen LogP contribution >= 0.6 is 22.5 Å². The summed E-state index contributed by atoms with van der Waals surface area (Å²) in [4.78, 5) is 0.899. The zero-order chi connectivity index (χ0) is 9.90. The minimum absolute atomic E-state index is 0.0801. The third kappa shape index (κ3) is 3.62. The Balaban J connectivity index is 3.01. The van der Waals surface area contributed by atoms with Gasteiger partial charge in [0.05, 0.1) is 5.75 Å². The van der Waals surface area contributed by atoms with E-state index in [9.17, 15) is 8.42 Å². The van der Waals surface area contributed by atoms with Gasteiger partial charge in [0.15, 0.2) is 9.84 Å². The van der Waals surface area contributed by atoms with Crippen LogP contribution in [0.5, 0.6) is 0 Å². The van der Waals surface area contributed by atoms with Gasteiger partial charge < -0.3 is 0 Å². The molecule has 0 aliphatic carbocycles. The van der Waals surface area contributed by atoms with Crippen LogP contribution in [-0.4, -0.2) is 14.7 Å². The molecule has 13 heavy (non-hydrogen) atoms. The van der Waals surface area contributed by atoms with Crippen molar-refractivity contribution >= 4 is 32.3 Å². The molecule has 0 fully saturated rings. The molecule has 2 nitrogen and oxygen atoms in total. The Labute approximate surface area is 87.5 Å². The van der Waals surface area contributed by atoms with Crippen LogP contribution in [0.3, 0.4) is 0 Å². The lowest BCUT2D eigenvalue weighted by Crippen LogP contribution is -2.01. The number of hydrogen-bond donors (Lipinski definition) is 1. The highest BCUT2D eigenvalue weighted by Crippen LogP contribution is 2.26. The second-order valence-corrected chi connectivity index (χ2v) is 6.08. The quantitative estimate of drug-likeness (QED) is 0.643. The lowest BCUT2D eigenvalue weighted by atomic mass is 10.2. The Kier molecular flexibility index (Phi) is 3.70. The third-order valence-electron chi connectivity index (χ3n) is 1.49. The van der Waals surface area contributed by atoms with Gasteiger partial charge in [-0.3, -0.25) is 0 Å². The highest BCUT2D eigenvalue weighted by molar-refractivity contribution is 8.68. The summed E-state index contributed by atoms with van der Waals surface area (Å²) < 4.78 is 22.1. The molecule has 0 atom stereocenters. The third-order valence-corrected chi connectivity index (χ3v) is 3.51. The van der Waals surface area contributed by atoms with Crippen molar-refractivity contribution < 1.29 is 8.42 Å². The van der Waals surface area contributed by atoms with Crippen LogP contribution in [0.25, 0.3) is 0 Å². The highest BCUT2D eigenvalue weighted by atomic mass is 33.1. The van der Waals surface area contributed by atoms with Crippen LogP contribution in [0.2, 0.25) is 0 Å². The van der Waals surface area contributed by atoms with Crippen LogP contribution in [0.15, 0.2) is 29.2 Å². The van der Waals surface area contributed by atoms with Gasteiger partial charge in [0.25, 0.3) is 0 Å². The molecule has 0 radical (unpaired) electrons. The van der Waals surface area contributed by atoms with Gasteiger partial charge in [-0.15, -0.1) is 11.7 Å². The zero-order valence-corrected chi connectivity index (χ0v) is 9.62. The summed E-state index contributed by atoms with van der Waals surface area (Å²) in [5, 5.41) is 0. The molecule has 0 aliphatic heterocycles. The lowest BCUT2D eigenvalue weighted by Gasteiger charge is -2.04. The molecule has 1 rings (SSSR count). The average molecular weight is 234 g/mol. The van der Waals surface area contributed by atoms with Crippen LogP contribution in [0, 0.1) is 0 Å². The van der Waals surface area contributed by atoms with Gasteiger partial charge in [0.2, 0.25) is 0 Å². The highest BCUT2D eigenvalue weighted by Gasteiger charge is 2.07. The van der Waals surface area contributed by atoms with E-state index >= 15 is 0 Å². The smallest absolute Gasteiger partial charge is 0.151 e. The van der Waals surface area contributed by atoms with Crippen LogP contribution in [0.4, 0.5) is 0 Å². The van der Waals surface area contributed by atoms with Crippen molar-refractivity contribution in [3.63, 3.8) is 0 Å². The molecule has 0 aliphatic rings. The largest absolute Gasteiger partial charge is 0.229 e. The van der Waals surface area contributed by atoms with Crippen LogP contribution < -0.4 is 0 Å². The van der Waals surface area contributed by atoms with E-state index in [2.05, 4.69) is 11.7 Å². The molecule has 0 amide bonds. The Morgan fingerprint density at radius 1 is 1.38 bits per heavy atom. The molecule has 0 saturated carbocycles. The first-order chi connectivity index (χ1) is 6.03. The van der Waals surface area contributed by atoms with Crippen molar-refractivity contribution in [2.45, 2.75) is 10.6 Å². The van der Waals surface area contributed by atoms with Gasteiger partial charge in [-0.25, -0.2) is 8.42 Å². The van der Waals surface area contributed by atoms with Crippen LogP contribution in [0.1, 0.15) is 5.56 Å². The Morgan fingerprint density at radius 2 is 2.00 bits per heavy atom. The molecule has 0 unspecified atom stereocenters. The molecule has 0 saturated heterocycles. The second kappa shape index (κ2) is 4.39. The predicted octanol–water partition coefficient (Wildman–Crippen LogP) is 2.17. The van der Waals surface area contributed by atoms with Gasteiger partial charge in [0.1, 0.15) is 0 Å². The molecular weight excluding hydrogens is 224 g/mol. The van der Waals surface area contributed by atoms with Crippen molar-refractivity contribution in [1.29, 1.82) is 0 Å². The first-order valence-electron chi connectivity index (χ1n) is 3.60. The standard InChI is InChI=1S/C8H10O2S3/c1-13(9,10)6-7-4-2-3-5-8(7)12-11/h2-5,11H,6H2,1H3. The minimum atomic E-state index is -2.96. The Hall–Kier alpha value is -0.130. The molecule has 0 bridgehead atoms. The van der Waals surface area contributed by atoms with Crippen LogP contribution in [-0.2, 0) is 15.6 Å². The van der Waals surface area contributed by atoms with Crippen molar-refractivity contribution in [3.8, 4) is 0 Å². The zero-order valence-electron chi connectivity index (χ0n) is 7.10.